The summed E-state index contributed by atoms with van der Waals surface area (Å²) < 4.78 is 5.28. The lowest BCUT2D eigenvalue weighted by Gasteiger charge is -2.12. The van der Waals surface area contributed by atoms with Gasteiger partial charge in [0, 0.05) is 35.6 Å². The van der Waals surface area contributed by atoms with Gasteiger partial charge in [-0.3, -0.25) is 10.1 Å². The van der Waals surface area contributed by atoms with Gasteiger partial charge in [-0.2, -0.15) is 0 Å². The lowest BCUT2D eigenvalue weighted by Crippen LogP contribution is -2.10. The molecule has 0 amide bonds. The molecule has 4 heterocycles. The van der Waals surface area contributed by atoms with E-state index in [4.69, 9.17) is 4.74 Å². The Morgan fingerprint density at radius 2 is 1.95 bits per heavy atom. The molecule has 0 unspecified atom stereocenters. The Balaban J connectivity index is 1.59. The van der Waals surface area contributed by atoms with Gasteiger partial charge in [-0.15, -0.1) is 0 Å². The van der Waals surface area contributed by atoms with E-state index in [0.717, 1.165) is 11.3 Å². The highest BCUT2D eigenvalue weighted by Gasteiger charge is 2.26. The Hall–Kier alpha value is -4.86. The second-order valence-electron chi connectivity index (χ2n) is 8.78. The highest BCUT2D eigenvalue weighted by molar-refractivity contribution is 6.09. The number of ether oxygens (including phenoxy) is 1. The van der Waals surface area contributed by atoms with E-state index in [2.05, 4.69) is 19.9 Å². The van der Waals surface area contributed by atoms with E-state index in [0.29, 0.717) is 44.9 Å². The van der Waals surface area contributed by atoms with E-state index in [9.17, 15) is 20.0 Å². The largest absolute Gasteiger partial charge is 0.505 e. The van der Waals surface area contributed by atoms with Crippen molar-refractivity contribution in [2.75, 3.05) is 6.61 Å². The molecule has 0 atom stereocenters. The number of carbonyl (C=O) groups excluding carboxylic acids is 1. The molecule has 10 nitrogen and oxygen atoms in total. The predicted octanol–water partition coefficient (Wildman–Crippen LogP) is 5.55. The molecule has 4 N–H and O–H groups in total. The standard InChI is InChI=1S/C27H25N5O5/c1-4-37-27(34)22-15(3)29-26-24(23(22)19-6-5-11-28-19)25(33)20(31-26)13-16-8-10-18(30-16)17-9-7-14(2)12-21(17)32(35)36/h5-12,28,30,33H,4,13H2,1-3H3,(H,29,31). The summed E-state index contributed by atoms with van der Waals surface area (Å²) in [7, 11) is 0. The minimum Gasteiger partial charge on any atom is -0.505 e. The number of pyridine rings is 1. The predicted molar refractivity (Wildman–Crippen MR) is 139 cm³/mol. The Morgan fingerprint density at radius 1 is 1.14 bits per heavy atom. The second kappa shape index (κ2) is 9.30. The third-order valence-corrected chi connectivity index (χ3v) is 6.27. The number of benzene rings is 1. The summed E-state index contributed by atoms with van der Waals surface area (Å²) in [4.78, 5) is 38.1. The number of H-pyrrole nitrogens is 3. The molecule has 0 radical (unpaired) electrons. The second-order valence-corrected chi connectivity index (χ2v) is 8.78. The summed E-state index contributed by atoms with van der Waals surface area (Å²) in [6, 6.07) is 12.3. The van der Waals surface area contributed by atoms with Gasteiger partial charge in [-0.05, 0) is 56.7 Å². The molecule has 0 aliphatic heterocycles. The molecular weight excluding hydrogens is 474 g/mol. The number of aromatic amines is 3. The van der Waals surface area contributed by atoms with Gasteiger partial charge >= 0.3 is 5.97 Å². The number of aryl methyl sites for hydroxylation is 2. The molecule has 10 heteroatoms. The summed E-state index contributed by atoms with van der Waals surface area (Å²) in [6.45, 7) is 5.47. The lowest BCUT2D eigenvalue weighted by molar-refractivity contribution is -0.384. The first-order chi connectivity index (χ1) is 17.8. The van der Waals surface area contributed by atoms with Gasteiger partial charge in [0.15, 0.2) is 0 Å². The number of hydrogen-bond donors (Lipinski definition) is 4. The fourth-order valence-corrected chi connectivity index (χ4v) is 4.63. The number of aromatic hydroxyl groups is 1. The summed E-state index contributed by atoms with van der Waals surface area (Å²) in [5, 5.41) is 23.3. The topological polar surface area (TPSA) is 150 Å². The van der Waals surface area contributed by atoms with Crippen molar-refractivity contribution >= 4 is 22.7 Å². The molecule has 188 valence electrons. The highest BCUT2D eigenvalue weighted by atomic mass is 16.6. The van der Waals surface area contributed by atoms with Crippen LogP contribution in [0.4, 0.5) is 5.69 Å². The van der Waals surface area contributed by atoms with Crippen LogP contribution in [0.1, 0.15) is 39.9 Å². The molecule has 0 fully saturated rings. The van der Waals surface area contributed by atoms with E-state index in [1.807, 2.05) is 18.2 Å². The molecule has 0 aliphatic carbocycles. The molecule has 0 aliphatic rings. The SMILES string of the molecule is CCOC(=O)c1c(C)nc2[nH]c(Cc3ccc(-c4ccc(C)cc4[N+](=O)[O-])[nH]3)c(O)c2c1-c1ccc[nH]1. The third-order valence-electron chi connectivity index (χ3n) is 6.27. The third kappa shape index (κ3) is 4.22. The fraction of sp³-hybridized carbons (Fsp3) is 0.185. The molecule has 37 heavy (non-hydrogen) atoms. The number of nitro groups is 1. The number of fused-ring (bicyclic) bond motifs is 1. The molecular formula is C27H25N5O5. The number of nitro benzene ring substituents is 1. The van der Waals surface area contributed by atoms with Crippen molar-refractivity contribution in [3.8, 4) is 28.3 Å². The number of hydrogen-bond acceptors (Lipinski definition) is 6. The smallest absolute Gasteiger partial charge is 0.340 e. The zero-order valence-electron chi connectivity index (χ0n) is 20.5. The fourth-order valence-electron chi connectivity index (χ4n) is 4.63. The van der Waals surface area contributed by atoms with Gasteiger partial charge in [-0.25, -0.2) is 9.78 Å². The van der Waals surface area contributed by atoms with Crippen LogP contribution in [0.15, 0.2) is 48.7 Å². The van der Waals surface area contributed by atoms with Gasteiger partial charge in [0.1, 0.15) is 11.4 Å². The maximum absolute atomic E-state index is 12.8. The maximum Gasteiger partial charge on any atom is 0.340 e. The first-order valence-electron chi connectivity index (χ1n) is 11.8. The lowest BCUT2D eigenvalue weighted by atomic mass is 9.99. The van der Waals surface area contributed by atoms with E-state index in [-0.39, 0.29) is 30.0 Å². The summed E-state index contributed by atoms with van der Waals surface area (Å²) in [5.41, 5.74) is 5.46. The van der Waals surface area contributed by atoms with Crippen LogP contribution in [0.5, 0.6) is 5.75 Å². The number of aromatic nitrogens is 4. The first kappa shape index (κ1) is 23.9. The van der Waals surface area contributed by atoms with E-state index in [1.165, 1.54) is 6.07 Å². The Kier molecular flexibility index (Phi) is 6.00. The number of carbonyl (C=O) groups is 1. The van der Waals surface area contributed by atoms with Crippen molar-refractivity contribution in [1.29, 1.82) is 0 Å². The van der Waals surface area contributed by atoms with E-state index < -0.39 is 10.9 Å². The summed E-state index contributed by atoms with van der Waals surface area (Å²) in [5.74, 6) is -0.551. The quantitative estimate of drug-likeness (QED) is 0.131. The normalized spacial score (nSPS) is 11.2. The van der Waals surface area contributed by atoms with Crippen LogP contribution in [0.3, 0.4) is 0 Å². The van der Waals surface area contributed by atoms with Crippen molar-refractivity contribution in [1.82, 2.24) is 19.9 Å². The minimum absolute atomic E-state index is 0.0172. The molecule has 0 saturated heterocycles. The van der Waals surface area contributed by atoms with Gasteiger partial charge in [0.25, 0.3) is 5.69 Å². The Morgan fingerprint density at radius 3 is 2.65 bits per heavy atom. The monoisotopic (exact) mass is 499 g/mol. The van der Waals surface area contributed by atoms with Crippen molar-refractivity contribution in [3.63, 3.8) is 0 Å². The van der Waals surface area contributed by atoms with E-state index >= 15 is 0 Å². The summed E-state index contributed by atoms with van der Waals surface area (Å²) in [6.07, 6.45) is 2.01. The molecule has 5 rings (SSSR count). The molecule has 0 saturated carbocycles. The number of nitrogens with zero attached hydrogens (tertiary/aromatic N) is 2. The van der Waals surface area contributed by atoms with Crippen molar-refractivity contribution in [3.05, 3.63) is 87.0 Å². The van der Waals surface area contributed by atoms with Crippen LogP contribution in [0.25, 0.3) is 33.5 Å². The van der Waals surface area contributed by atoms with Gasteiger partial charge in [0.05, 0.1) is 45.1 Å². The summed E-state index contributed by atoms with van der Waals surface area (Å²) >= 11 is 0. The molecule has 0 bridgehead atoms. The van der Waals surface area contributed by atoms with Crippen molar-refractivity contribution in [2.24, 2.45) is 0 Å². The average molecular weight is 500 g/mol. The van der Waals surface area contributed by atoms with Crippen LogP contribution in [0, 0.1) is 24.0 Å². The number of esters is 1. The van der Waals surface area contributed by atoms with Crippen molar-refractivity contribution in [2.45, 2.75) is 27.2 Å². The van der Waals surface area contributed by atoms with Gasteiger partial charge in [0.2, 0.25) is 0 Å². The number of rotatable bonds is 7. The number of nitrogens with one attached hydrogen (secondary N) is 3. The molecule has 1 aromatic carbocycles. The van der Waals surface area contributed by atoms with Gasteiger partial charge < -0.3 is 24.8 Å². The zero-order chi connectivity index (χ0) is 26.3. The molecule has 0 spiro atoms. The van der Waals surface area contributed by atoms with Crippen LogP contribution in [0.2, 0.25) is 0 Å². The average Bonchev–Trinajstić information content (AvgIpc) is 3.60. The molecule has 5 aromatic rings. The van der Waals surface area contributed by atoms with Crippen LogP contribution < -0.4 is 0 Å². The van der Waals surface area contributed by atoms with Gasteiger partial charge in [-0.1, -0.05) is 6.07 Å². The zero-order valence-corrected chi connectivity index (χ0v) is 20.5. The van der Waals surface area contributed by atoms with E-state index in [1.54, 1.807) is 45.2 Å². The van der Waals surface area contributed by atoms with Crippen LogP contribution in [-0.2, 0) is 11.2 Å². The molecule has 4 aromatic heterocycles. The van der Waals surface area contributed by atoms with Crippen molar-refractivity contribution < 1.29 is 19.6 Å². The Labute approximate surface area is 211 Å². The highest BCUT2D eigenvalue weighted by Crippen LogP contribution is 2.40. The Bertz CT molecular complexity index is 1650. The van der Waals surface area contributed by atoms with Crippen LogP contribution in [-0.4, -0.2) is 42.5 Å². The first-order valence-corrected chi connectivity index (χ1v) is 11.8. The minimum atomic E-state index is -0.519. The van der Waals surface area contributed by atoms with Crippen LogP contribution >= 0.6 is 0 Å². The maximum atomic E-state index is 12.8.